The van der Waals surface area contributed by atoms with Gasteiger partial charge in [0.15, 0.2) is 0 Å². The monoisotopic (exact) mass is 491 g/mol. The minimum Gasteiger partial charge on any atom is -0.352 e. The average Bonchev–Trinajstić information content (AvgIpc) is 3.39. The molecule has 2 heterocycles. The number of hydrogen-bond acceptors (Lipinski definition) is 5. The van der Waals surface area contributed by atoms with Crippen LogP contribution in [0.1, 0.15) is 55.3 Å². The minimum atomic E-state index is -3.62. The molecule has 2 N–H and O–H groups in total. The van der Waals surface area contributed by atoms with Gasteiger partial charge in [-0.3, -0.25) is 9.59 Å². The molecular formula is C24H33N3O4S2. The van der Waals surface area contributed by atoms with Gasteiger partial charge >= 0.3 is 0 Å². The van der Waals surface area contributed by atoms with Crippen LogP contribution in [0.4, 0.5) is 0 Å². The summed E-state index contributed by atoms with van der Waals surface area (Å²) in [5.74, 6) is 0.567. The quantitative estimate of drug-likeness (QED) is 0.545. The molecule has 3 fully saturated rings. The van der Waals surface area contributed by atoms with Gasteiger partial charge in [0.2, 0.25) is 15.9 Å². The number of sulfonamides is 1. The number of nitrogens with zero attached hydrogens (tertiary/aromatic N) is 1. The molecule has 33 heavy (non-hydrogen) atoms. The Balaban J connectivity index is 1.29. The molecule has 3 aliphatic rings. The van der Waals surface area contributed by atoms with E-state index in [1.165, 1.54) is 54.6 Å². The SMILES string of the molecule is C=CC(=O)NC1CC2CN(S(=O)(=O)c3ccc(C(=O)NCCC4CCCCC4)cc3)CC2S1. The Hall–Kier alpha value is -1.84. The summed E-state index contributed by atoms with van der Waals surface area (Å²) in [6, 6.07) is 6.24. The summed E-state index contributed by atoms with van der Waals surface area (Å²) in [5.41, 5.74) is 0.479. The number of amides is 2. The zero-order chi connectivity index (χ0) is 23.4. The van der Waals surface area contributed by atoms with E-state index >= 15 is 0 Å². The number of carbonyl (C=O) groups excluding carboxylic acids is 2. The lowest BCUT2D eigenvalue weighted by Crippen LogP contribution is -2.33. The molecule has 4 rings (SSSR count). The normalized spacial score (nSPS) is 26.0. The second-order valence-electron chi connectivity index (χ2n) is 9.27. The van der Waals surface area contributed by atoms with E-state index in [0.717, 1.165) is 12.8 Å². The van der Waals surface area contributed by atoms with E-state index in [1.54, 1.807) is 23.9 Å². The highest BCUT2D eigenvalue weighted by Crippen LogP contribution is 2.43. The Morgan fingerprint density at radius 2 is 1.85 bits per heavy atom. The fourth-order valence-electron chi connectivity index (χ4n) is 5.13. The Bertz CT molecular complexity index is 960. The fraction of sp³-hybridized carbons (Fsp3) is 0.583. The zero-order valence-electron chi connectivity index (χ0n) is 18.9. The van der Waals surface area contributed by atoms with E-state index in [9.17, 15) is 18.0 Å². The van der Waals surface area contributed by atoms with E-state index in [0.29, 0.717) is 31.1 Å². The first-order chi connectivity index (χ1) is 15.9. The molecule has 2 amide bonds. The van der Waals surface area contributed by atoms with Gasteiger partial charge in [-0.25, -0.2) is 8.42 Å². The van der Waals surface area contributed by atoms with E-state index in [2.05, 4.69) is 17.2 Å². The van der Waals surface area contributed by atoms with Crippen LogP contribution in [0.3, 0.4) is 0 Å². The average molecular weight is 492 g/mol. The van der Waals surface area contributed by atoms with Crippen molar-refractivity contribution in [1.82, 2.24) is 14.9 Å². The molecule has 1 aromatic carbocycles. The first-order valence-corrected chi connectivity index (χ1v) is 14.2. The molecule has 2 aliphatic heterocycles. The van der Waals surface area contributed by atoms with Gasteiger partial charge < -0.3 is 10.6 Å². The number of hydrogen-bond donors (Lipinski definition) is 2. The Morgan fingerprint density at radius 3 is 2.52 bits per heavy atom. The molecule has 3 atom stereocenters. The first kappa shape index (κ1) is 24.3. The van der Waals surface area contributed by atoms with Crippen LogP contribution in [0.2, 0.25) is 0 Å². The van der Waals surface area contributed by atoms with Crippen molar-refractivity contribution in [3.05, 3.63) is 42.5 Å². The third-order valence-electron chi connectivity index (χ3n) is 7.01. The van der Waals surface area contributed by atoms with Gasteiger partial charge in [0.25, 0.3) is 5.91 Å². The standard InChI is InChI=1S/C24H33N3O4S2/c1-2-22(28)26-23-14-19-15-27(16-21(19)32-23)33(30,31)20-10-8-18(9-11-20)24(29)25-13-12-17-6-4-3-5-7-17/h2,8-11,17,19,21,23H,1,3-7,12-16H2,(H,25,29)(H,26,28). The van der Waals surface area contributed by atoms with Gasteiger partial charge in [0.05, 0.1) is 10.3 Å². The maximum atomic E-state index is 13.1. The van der Waals surface area contributed by atoms with Gasteiger partial charge in [-0.05, 0) is 55.0 Å². The lowest BCUT2D eigenvalue weighted by molar-refractivity contribution is -0.116. The highest BCUT2D eigenvalue weighted by Gasteiger charge is 2.45. The molecule has 0 aromatic heterocycles. The fourth-order valence-corrected chi connectivity index (χ4v) is 8.39. The second-order valence-corrected chi connectivity index (χ2v) is 12.7. The van der Waals surface area contributed by atoms with Crippen molar-refractivity contribution in [1.29, 1.82) is 0 Å². The van der Waals surface area contributed by atoms with E-state index in [4.69, 9.17) is 0 Å². The van der Waals surface area contributed by atoms with Crippen molar-refractivity contribution in [3.8, 4) is 0 Å². The van der Waals surface area contributed by atoms with Crippen LogP contribution in [0.5, 0.6) is 0 Å². The van der Waals surface area contributed by atoms with E-state index < -0.39 is 10.0 Å². The Labute approximate surface area is 200 Å². The van der Waals surface area contributed by atoms with E-state index in [-0.39, 0.29) is 33.3 Å². The number of fused-ring (bicyclic) bond motifs is 1. The van der Waals surface area contributed by atoms with Gasteiger partial charge in [0, 0.05) is 30.4 Å². The molecule has 1 aliphatic carbocycles. The number of nitrogens with one attached hydrogen (secondary N) is 2. The lowest BCUT2D eigenvalue weighted by atomic mass is 9.87. The summed E-state index contributed by atoms with van der Waals surface area (Å²) >= 11 is 1.63. The minimum absolute atomic E-state index is 0.00580. The lowest BCUT2D eigenvalue weighted by Gasteiger charge is -2.21. The number of thioether (sulfide) groups is 1. The van der Waals surface area contributed by atoms with Crippen LogP contribution in [0, 0.1) is 11.8 Å². The highest BCUT2D eigenvalue weighted by molar-refractivity contribution is 8.00. The molecule has 7 nitrogen and oxygen atoms in total. The van der Waals surface area contributed by atoms with Gasteiger partial charge in [0.1, 0.15) is 0 Å². The van der Waals surface area contributed by atoms with E-state index in [1.807, 2.05) is 0 Å². The molecule has 1 aromatic rings. The molecule has 180 valence electrons. The summed E-state index contributed by atoms with van der Waals surface area (Å²) in [6.45, 7) is 5.01. The third kappa shape index (κ3) is 5.81. The first-order valence-electron chi connectivity index (χ1n) is 11.8. The largest absolute Gasteiger partial charge is 0.352 e. The smallest absolute Gasteiger partial charge is 0.251 e. The molecule has 0 bridgehead atoms. The van der Waals surface area contributed by atoms with Crippen molar-refractivity contribution < 1.29 is 18.0 Å². The predicted octanol–water partition coefficient (Wildman–Crippen LogP) is 3.14. The topological polar surface area (TPSA) is 95.6 Å². The van der Waals surface area contributed by atoms with Crippen LogP contribution < -0.4 is 10.6 Å². The molecule has 0 radical (unpaired) electrons. The predicted molar refractivity (Wildman–Crippen MR) is 130 cm³/mol. The Kier molecular flexibility index (Phi) is 7.81. The van der Waals surface area contributed by atoms with Crippen molar-refractivity contribution in [3.63, 3.8) is 0 Å². The van der Waals surface area contributed by atoms with Crippen molar-refractivity contribution in [2.45, 2.75) is 60.5 Å². The van der Waals surface area contributed by atoms with Gasteiger partial charge in [-0.1, -0.05) is 38.7 Å². The highest BCUT2D eigenvalue weighted by atomic mass is 32.2. The summed E-state index contributed by atoms with van der Waals surface area (Å²) in [4.78, 5) is 24.2. The number of benzene rings is 1. The third-order valence-corrected chi connectivity index (χ3v) is 10.4. The summed E-state index contributed by atoms with van der Waals surface area (Å²) < 4.78 is 27.8. The zero-order valence-corrected chi connectivity index (χ0v) is 20.5. The van der Waals surface area contributed by atoms with Crippen LogP contribution in [0.15, 0.2) is 41.8 Å². The van der Waals surface area contributed by atoms with Crippen LogP contribution >= 0.6 is 11.8 Å². The molecule has 2 saturated heterocycles. The van der Waals surface area contributed by atoms with Crippen LogP contribution in [0.25, 0.3) is 0 Å². The van der Waals surface area contributed by atoms with Crippen molar-refractivity contribution in [2.75, 3.05) is 19.6 Å². The second kappa shape index (κ2) is 10.6. The number of carbonyl (C=O) groups is 2. The van der Waals surface area contributed by atoms with Crippen molar-refractivity contribution >= 4 is 33.6 Å². The van der Waals surface area contributed by atoms with Crippen LogP contribution in [-0.4, -0.2) is 54.8 Å². The van der Waals surface area contributed by atoms with Crippen LogP contribution in [-0.2, 0) is 14.8 Å². The summed E-state index contributed by atoms with van der Waals surface area (Å²) in [7, 11) is -3.62. The molecular weight excluding hydrogens is 458 g/mol. The number of rotatable bonds is 8. The molecule has 9 heteroatoms. The summed E-state index contributed by atoms with van der Waals surface area (Å²) in [5, 5.41) is 6.04. The molecule has 1 saturated carbocycles. The Morgan fingerprint density at radius 1 is 1.12 bits per heavy atom. The molecule has 3 unspecified atom stereocenters. The van der Waals surface area contributed by atoms with Gasteiger partial charge in [-0.2, -0.15) is 4.31 Å². The summed E-state index contributed by atoms with van der Waals surface area (Å²) in [6.07, 6.45) is 9.42. The maximum absolute atomic E-state index is 13.1. The van der Waals surface area contributed by atoms with Crippen molar-refractivity contribution in [2.24, 2.45) is 11.8 Å². The molecule has 0 spiro atoms. The maximum Gasteiger partial charge on any atom is 0.251 e. The van der Waals surface area contributed by atoms with Gasteiger partial charge in [-0.15, -0.1) is 11.8 Å².